The van der Waals surface area contributed by atoms with Gasteiger partial charge in [-0.3, -0.25) is 19.8 Å². The maximum atomic E-state index is 12.8. The lowest BCUT2D eigenvalue weighted by Crippen LogP contribution is -2.53. The molecule has 0 saturated carbocycles. The zero-order valence-electron chi connectivity index (χ0n) is 18.6. The minimum absolute atomic E-state index is 0.00210. The van der Waals surface area contributed by atoms with Crippen LogP contribution in [0.4, 0.5) is 22.7 Å². The highest BCUT2D eigenvalue weighted by Crippen LogP contribution is 2.31. The lowest BCUT2D eigenvalue weighted by Gasteiger charge is -2.38. The molecular weight excluding hydrogens is 446 g/mol. The fourth-order valence-corrected chi connectivity index (χ4v) is 4.42. The number of nitrogens with zero attached hydrogens (tertiary/aromatic N) is 4. The maximum absolute atomic E-state index is 12.8. The summed E-state index contributed by atoms with van der Waals surface area (Å²) < 4.78 is 5.39. The van der Waals surface area contributed by atoms with Crippen molar-refractivity contribution < 1.29 is 14.5 Å². The lowest BCUT2D eigenvalue weighted by atomic mass is 10.1. The minimum Gasteiger partial charge on any atom is -0.378 e. The molecule has 0 spiro atoms. The van der Waals surface area contributed by atoms with Gasteiger partial charge >= 0.3 is 0 Å². The van der Waals surface area contributed by atoms with Crippen LogP contribution in [-0.4, -0.2) is 74.3 Å². The van der Waals surface area contributed by atoms with Crippen LogP contribution in [0.1, 0.15) is 6.92 Å². The second-order valence-corrected chi connectivity index (χ2v) is 8.66. The first-order valence-electron chi connectivity index (χ1n) is 11.1. The molecule has 0 radical (unpaired) electrons. The van der Waals surface area contributed by atoms with Gasteiger partial charge in [0.25, 0.3) is 5.69 Å². The van der Waals surface area contributed by atoms with Crippen LogP contribution in [0.5, 0.6) is 0 Å². The quantitative estimate of drug-likeness (QED) is 0.508. The van der Waals surface area contributed by atoms with Gasteiger partial charge in [0.1, 0.15) is 5.69 Å². The van der Waals surface area contributed by atoms with Crippen LogP contribution < -0.4 is 15.1 Å². The summed E-state index contributed by atoms with van der Waals surface area (Å²) in [6.45, 7) is 7.53. The number of rotatable bonds is 6. The van der Waals surface area contributed by atoms with Crippen molar-refractivity contribution in [1.82, 2.24) is 4.90 Å². The summed E-state index contributed by atoms with van der Waals surface area (Å²) in [6.07, 6.45) is 0. The second kappa shape index (κ2) is 10.4. The number of amides is 1. The molecule has 2 fully saturated rings. The van der Waals surface area contributed by atoms with Crippen LogP contribution in [-0.2, 0) is 9.53 Å². The second-order valence-electron chi connectivity index (χ2n) is 8.22. The van der Waals surface area contributed by atoms with Gasteiger partial charge in [-0.25, -0.2) is 0 Å². The molecule has 4 rings (SSSR count). The SMILES string of the molecule is CC(C(=O)Nc1ccc(N2CCOCC2)cc1)N1CCN(c2ccc(Cl)cc2[N+](=O)[O-])CC1. The molecule has 1 N–H and O–H groups in total. The average Bonchev–Trinajstić information content (AvgIpc) is 2.84. The Balaban J connectivity index is 1.32. The van der Waals surface area contributed by atoms with E-state index in [0.29, 0.717) is 36.9 Å². The predicted octanol–water partition coefficient (Wildman–Crippen LogP) is 3.23. The molecule has 2 aromatic carbocycles. The Bertz CT molecular complexity index is 989. The molecule has 33 heavy (non-hydrogen) atoms. The molecule has 2 heterocycles. The van der Waals surface area contributed by atoms with E-state index in [-0.39, 0.29) is 17.6 Å². The molecule has 2 aliphatic heterocycles. The van der Waals surface area contributed by atoms with E-state index in [4.69, 9.17) is 16.3 Å². The predicted molar refractivity (Wildman–Crippen MR) is 129 cm³/mol. The molecule has 9 nitrogen and oxygen atoms in total. The van der Waals surface area contributed by atoms with Crippen LogP contribution in [0.3, 0.4) is 0 Å². The van der Waals surface area contributed by atoms with Gasteiger partial charge in [-0.1, -0.05) is 11.6 Å². The van der Waals surface area contributed by atoms with E-state index in [9.17, 15) is 14.9 Å². The zero-order chi connectivity index (χ0) is 23.4. The molecule has 1 amide bonds. The van der Waals surface area contributed by atoms with E-state index in [1.807, 2.05) is 36.1 Å². The smallest absolute Gasteiger partial charge is 0.294 e. The summed E-state index contributed by atoms with van der Waals surface area (Å²) in [6, 6.07) is 12.3. The summed E-state index contributed by atoms with van der Waals surface area (Å²) in [7, 11) is 0. The van der Waals surface area contributed by atoms with Crippen molar-refractivity contribution in [3.05, 3.63) is 57.6 Å². The molecule has 1 unspecified atom stereocenters. The molecule has 2 aliphatic rings. The number of anilines is 3. The number of hydrogen-bond acceptors (Lipinski definition) is 7. The van der Waals surface area contributed by atoms with Crippen molar-refractivity contribution in [1.29, 1.82) is 0 Å². The Hall–Kier alpha value is -2.88. The molecule has 0 bridgehead atoms. The average molecular weight is 474 g/mol. The van der Waals surface area contributed by atoms with Gasteiger partial charge in [0.15, 0.2) is 0 Å². The summed E-state index contributed by atoms with van der Waals surface area (Å²) >= 11 is 5.93. The number of carbonyl (C=O) groups excluding carboxylic acids is 1. The van der Waals surface area contributed by atoms with Gasteiger partial charge in [0.05, 0.1) is 24.2 Å². The van der Waals surface area contributed by atoms with Gasteiger partial charge < -0.3 is 19.9 Å². The van der Waals surface area contributed by atoms with Gasteiger partial charge in [0, 0.05) is 61.7 Å². The Morgan fingerprint density at radius 1 is 1.03 bits per heavy atom. The molecule has 2 saturated heterocycles. The van der Waals surface area contributed by atoms with E-state index in [0.717, 1.165) is 37.7 Å². The summed E-state index contributed by atoms with van der Waals surface area (Å²) in [5, 5.41) is 14.8. The van der Waals surface area contributed by atoms with Crippen molar-refractivity contribution in [3.63, 3.8) is 0 Å². The van der Waals surface area contributed by atoms with Crippen molar-refractivity contribution in [3.8, 4) is 0 Å². The first-order valence-corrected chi connectivity index (χ1v) is 11.5. The third-order valence-electron chi connectivity index (χ3n) is 6.23. The van der Waals surface area contributed by atoms with E-state index in [1.165, 1.54) is 6.07 Å². The van der Waals surface area contributed by atoms with Crippen LogP contribution in [0.2, 0.25) is 5.02 Å². The fraction of sp³-hybridized carbons (Fsp3) is 0.435. The lowest BCUT2D eigenvalue weighted by molar-refractivity contribution is -0.384. The van der Waals surface area contributed by atoms with Crippen molar-refractivity contribution in [2.75, 3.05) is 67.6 Å². The Labute approximate surface area is 198 Å². The van der Waals surface area contributed by atoms with Crippen molar-refractivity contribution >= 4 is 40.3 Å². The number of nitrogens with one attached hydrogen (secondary N) is 1. The molecule has 176 valence electrons. The van der Waals surface area contributed by atoms with Crippen molar-refractivity contribution in [2.24, 2.45) is 0 Å². The highest BCUT2D eigenvalue weighted by atomic mass is 35.5. The number of nitro benzene ring substituents is 1. The standard InChI is InChI=1S/C23H28ClN5O4/c1-17(23(30)25-19-3-5-20(6-4-19)27-12-14-33-15-13-27)26-8-10-28(11-9-26)21-7-2-18(24)16-22(21)29(31)32/h2-7,16-17H,8-15H2,1H3,(H,25,30). The van der Waals surface area contributed by atoms with E-state index >= 15 is 0 Å². The number of ether oxygens (including phenoxy) is 1. The van der Waals surface area contributed by atoms with Gasteiger partial charge in [-0.15, -0.1) is 0 Å². The van der Waals surface area contributed by atoms with Gasteiger partial charge in [0.2, 0.25) is 5.91 Å². The van der Waals surface area contributed by atoms with Crippen molar-refractivity contribution in [2.45, 2.75) is 13.0 Å². The molecule has 10 heteroatoms. The summed E-state index contributed by atoms with van der Waals surface area (Å²) in [5.74, 6) is -0.0694. The Morgan fingerprint density at radius 3 is 2.33 bits per heavy atom. The Morgan fingerprint density at radius 2 is 1.70 bits per heavy atom. The fourth-order valence-electron chi connectivity index (χ4n) is 4.25. The van der Waals surface area contributed by atoms with Gasteiger partial charge in [-0.05, 0) is 43.3 Å². The normalized spacial score (nSPS) is 18.1. The minimum atomic E-state index is -0.409. The number of nitro groups is 1. The topological polar surface area (TPSA) is 91.2 Å². The number of halogens is 1. The number of morpholine rings is 1. The number of carbonyl (C=O) groups is 1. The number of piperazine rings is 1. The highest BCUT2D eigenvalue weighted by molar-refractivity contribution is 6.30. The zero-order valence-corrected chi connectivity index (χ0v) is 19.3. The molecular formula is C23H28ClN5O4. The van der Waals surface area contributed by atoms with Crippen LogP contribution in [0, 0.1) is 10.1 Å². The van der Waals surface area contributed by atoms with Crippen LogP contribution >= 0.6 is 11.6 Å². The number of benzene rings is 2. The van der Waals surface area contributed by atoms with Crippen LogP contribution in [0.25, 0.3) is 0 Å². The van der Waals surface area contributed by atoms with Crippen LogP contribution in [0.15, 0.2) is 42.5 Å². The number of hydrogen-bond donors (Lipinski definition) is 1. The van der Waals surface area contributed by atoms with E-state index in [2.05, 4.69) is 15.1 Å². The van der Waals surface area contributed by atoms with E-state index < -0.39 is 4.92 Å². The first kappa shape index (κ1) is 23.3. The largest absolute Gasteiger partial charge is 0.378 e. The monoisotopic (exact) mass is 473 g/mol. The first-order chi connectivity index (χ1) is 15.9. The van der Waals surface area contributed by atoms with Gasteiger partial charge in [-0.2, -0.15) is 0 Å². The summed E-state index contributed by atoms with van der Waals surface area (Å²) in [4.78, 5) is 30.2. The molecule has 0 aromatic heterocycles. The van der Waals surface area contributed by atoms with E-state index in [1.54, 1.807) is 12.1 Å². The third-order valence-corrected chi connectivity index (χ3v) is 6.46. The molecule has 0 aliphatic carbocycles. The molecule has 2 aromatic rings. The Kier molecular flexibility index (Phi) is 7.32. The third kappa shape index (κ3) is 5.55. The highest BCUT2D eigenvalue weighted by Gasteiger charge is 2.28. The maximum Gasteiger partial charge on any atom is 0.294 e. The molecule has 1 atom stereocenters. The summed E-state index contributed by atoms with van der Waals surface area (Å²) in [5.41, 5.74) is 2.44.